The molecule has 0 aliphatic carbocycles. The standard InChI is InChI=1S/C18H25N3O3/c1-3-4-11-24-12-5-10-20-18(23)15(13-19)14-21(2)16-6-8-17(22)9-7-16/h6-9,14,22H,3-5,10-12H2,1-2H3,(H,20,23)/b15-14-. The molecule has 2 N–H and O–H groups in total. The number of unbranched alkanes of at least 4 members (excludes halogenated alkanes) is 1. The quantitative estimate of drug-likeness (QED) is 0.391. The molecule has 0 fully saturated rings. The molecule has 0 saturated heterocycles. The number of nitrogens with zero attached hydrogens (tertiary/aromatic N) is 2. The number of benzene rings is 1. The Morgan fingerprint density at radius 2 is 2.00 bits per heavy atom. The predicted octanol–water partition coefficient (Wildman–Crippen LogP) is 2.56. The minimum atomic E-state index is -0.406. The summed E-state index contributed by atoms with van der Waals surface area (Å²) in [7, 11) is 1.73. The number of amides is 1. The molecule has 1 rings (SSSR count). The van der Waals surface area contributed by atoms with Crippen molar-refractivity contribution in [2.24, 2.45) is 0 Å². The zero-order chi connectivity index (χ0) is 17.8. The molecular weight excluding hydrogens is 306 g/mol. The van der Waals surface area contributed by atoms with E-state index in [1.165, 1.54) is 6.20 Å². The van der Waals surface area contributed by atoms with Gasteiger partial charge in [-0.25, -0.2) is 0 Å². The Morgan fingerprint density at radius 1 is 1.33 bits per heavy atom. The van der Waals surface area contributed by atoms with Crippen LogP contribution >= 0.6 is 0 Å². The third-order valence-corrected chi connectivity index (χ3v) is 3.34. The van der Waals surface area contributed by atoms with Gasteiger partial charge >= 0.3 is 0 Å². The van der Waals surface area contributed by atoms with Gasteiger partial charge in [0.1, 0.15) is 17.4 Å². The second-order valence-electron chi connectivity index (χ2n) is 5.36. The fraction of sp³-hybridized carbons (Fsp3) is 0.444. The summed E-state index contributed by atoms with van der Waals surface area (Å²) in [5.41, 5.74) is 0.787. The summed E-state index contributed by atoms with van der Waals surface area (Å²) in [6, 6.07) is 8.40. The van der Waals surface area contributed by atoms with Gasteiger partial charge in [0.25, 0.3) is 5.91 Å². The van der Waals surface area contributed by atoms with E-state index in [0.29, 0.717) is 19.6 Å². The monoisotopic (exact) mass is 331 g/mol. The first kappa shape index (κ1) is 19.5. The van der Waals surface area contributed by atoms with E-state index in [0.717, 1.165) is 25.1 Å². The SMILES string of the molecule is CCCCOCCCNC(=O)/C(C#N)=C\N(C)c1ccc(O)cc1. The van der Waals surface area contributed by atoms with Crippen LogP contribution < -0.4 is 10.2 Å². The average Bonchev–Trinajstić information content (AvgIpc) is 2.59. The molecule has 0 heterocycles. The summed E-state index contributed by atoms with van der Waals surface area (Å²) in [5.74, 6) is -0.243. The first-order valence-corrected chi connectivity index (χ1v) is 8.08. The number of aromatic hydroxyl groups is 1. The Hall–Kier alpha value is -2.52. The van der Waals surface area contributed by atoms with Gasteiger partial charge in [-0.2, -0.15) is 5.26 Å². The maximum absolute atomic E-state index is 12.0. The van der Waals surface area contributed by atoms with E-state index in [1.54, 1.807) is 36.2 Å². The Balaban J connectivity index is 2.45. The minimum absolute atomic E-state index is 0.0254. The molecule has 0 radical (unpaired) electrons. The first-order valence-electron chi connectivity index (χ1n) is 8.08. The average molecular weight is 331 g/mol. The summed E-state index contributed by atoms with van der Waals surface area (Å²) in [4.78, 5) is 13.7. The number of phenols is 1. The molecule has 0 aliphatic heterocycles. The van der Waals surface area contributed by atoms with Crippen LogP contribution in [0, 0.1) is 11.3 Å². The molecule has 6 nitrogen and oxygen atoms in total. The largest absolute Gasteiger partial charge is 0.508 e. The second-order valence-corrected chi connectivity index (χ2v) is 5.36. The second kappa shape index (κ2) is 11.1. The number of rotatable bonds is 10. The van der Waals surface area contributed by atoms with Crippen molar-refractivity contribution in [3.63, 3.8) is 0 Å². The van der Waals surface area contributed by atoms with Crippen molar-refractivity contribution in [2.45, 2.75) is 26.2 Å². The van der Waals surface area contributed by atoms with Crippen molar-refractivity contribution in [1.82, 2.24) is 5.32 Å². The number of carbonyl (C=O) groups is 1. The van der Waals surface area contributed by atoms with Crippen LogP contribution in [-0.4, -0.2) is 37.8 Å². The van der Waals surface area contributed by atoms with Gasteiger partial charge < -0.3 is 20.1 Å². The van der Waals surface area contributed by atoms with Crippen molar-refractivity contribution >= 4 is 11.6 Å². The Kier molecular flexibility index (Phi) is 9.02. The van der Waals surface area contributed by atoms with Crippen molar-refractivity contribution in [1.29, 1.82) is 5.26 Å². The number of nitriles is 1. The number of phenolic OH excluding ortho intramolecular Hbond substituents is 1. The van der Waals surface area contributed by atoms with Crippen LogP contribution in [-0.2, 0) is 9.53 Å². The lowest BCUT2D eigenvalue weighted by atomic mass is 10.2. The number of hydrogen-bond donors (Lipinski definition) is 2. The normalized spacial score (nSPS) is 11.0. The van der Waals surface area contributed by atoms with Gasteiger partial charge in [0.15, 0.2) is 0 Å². The maximum atomic E-state index is 12.0. The van der Waals surface area contributed by atoms with Crippen molar-refractivity contribution in [3.8, 4) is 11.8 Å². The molecule has 1 aromatic carbocycles. The van der Waals surface area contributed by atoms with Crippen LogP contribution in [0.15, 0.2) is 36.0 Å². The number of carbonyl (C=O) groups excluding carboxylic acids is 1. The molecule has 0 aliphatic rings. The molecule has 130 valence electrons. The van der Waals surface area contributed by atoms with E-state index in [1.807, 2.05) is 6.07 Å². The maximum Gasteiger partial charge on any atom is 0.263 e. The molecule has 0 spiro atoms. The van der Waals surface area contributed by atoms with E-state index in [2.05, 4.69) is 12.2 Å². The van der Waals surface area contributed by atoms with E-state index in [4.69, 9.17) is 10.00 Å². The zero-order valence-electron chi connectivity index (χ0n) is 14.3. The van der Waals surface area contributed by atoms with Gasteiger partial charge in [-0.1, -0.05) is 13.3 Å². The van der Waals surface area contributed by atoms with E-state index >= 15 is 0 Å². The molecule has 0 atom stereocenters. The van der Waals surface area contributed by atoms with Crippen LogP contribution in [0.3, 0.4) is 0 Å². The zero-order valence-corrected chi connectivity index (χ0v) is 14.3. The van der Waals surface area contributed by atoms with Crippen LogP contribution in [0.5, 0.6) is 5.75 Å². The van der Waals surface area contributed by atoms with Crippen LogP contribution in [0.25, 0.3) is 0 Å². The summed E-state index contributed by atoms with van der Waals surface area (Å²) in [5, 5.41) is 21.2. The summed E-state index contributed by atoms with van der Waals surface area (Å²) in [6.07, 6.45) is 4.32. The molecular formula is C18H25N3O3. The van der Waals surface area contributed by atoms with E-state index < -0.39 is 5.91 Å². The van der Waals surface area contributed by atoms with Crippen LogP contribution in [0.4, 0.5) is 5.69 Å². The van der Waals surface area contributed by atoms with Gasteiger partial charge in [0, 0.05) is 38.7 Å². The highest BCUT2D eigenvalue weighted by Crippen LogP contribution is 2.17. The molecule has 0 aromatic heterocycles. The number of ether oxygens (including phenoxy) is 1. The van der Waals surface area contributed by atoms with Crippen molar-refractivity contribution < 1.29 is 14.6 Å². The third-order valence-electron chi connectivity index (χ3n) is 3.34. The van der Waals surface area contributed by atoms with Crippen molar-refractivity contribution in [2.75, 3.05) is 31.7 Å². The lowest BCUT2D eigenvalue weighted by Crippen LogP contribution is -2.27. The number of nitrogens with one attached hydrogen (secondary N) is 1. The molecule has 24 heavy (non-hydrogen) atoms. The van der Waals surface area contributed by atoms with Gasteiger partial charge in [0.05, 0.1) is 0 Å². The molecule has 6 heteroatoms. The summed E-state index contributed by atoms with van der Waals surface area (Å²) >= 11 is 0. The highest BCUT2D eigenvalue weighted by molar-refractivity contribution is 5.97. The van der Waals surface area contributed by atoms with Gasteiger partial charge in [-0.15, -0.1) is 0 Å². The number of anilines is 1. The summed E-state index contributed by atoms with van der Waals surface area (Å²) < 4.78 is 5.42. The fourth-order valence-electron chi connectivity index (χ4n) is 1.91. The van der Waals surface area contributed by atoms with Crippen LogP contribution in [0.2, 0.25) is 0 Å². The lowest BCUT2D eigenvalue weighted by Gasteiger charge is -2.15. The lowest BCUT2D eigenvalue weighted by molar-refractivity contribution is -0.117. The Labute approximate surface area is 143 Å². The van der Waals surface area contributed by atoms with E-state index in [9.17, 15) is 9.90 Å². The minimum Gasteiger partial charge on any atom is -0.508 e. The van der Waals surface area contributed by atoms with Gasteiger partial charge in [0.2, 0.25) is 0 Å². The highest BCUT2D eigenvalue weighted by atomic mass is 16.5. The van der Waals surface area contributed by atoms with Gasteiger partial charge in [-0.3, -0.25) is 4.79 Å². The topological polar surface area (TPSA) is 85.6 Å². The predicted molar refractivity (Wildman–Crippen MR) is 93.6 cm³/mol. The number of hydrogen-bond acceptors (Lipinski definition) is 5. The fourth-order valence-corrected chi connectivity index (χ4v) is 1.91. The van der Waals surface area contributed by atoms with Crippen LogP contribution in [0.1, 0.15) is 26.2 Å². The summed E-state index contributed by atoms with van der Waals surface area (Å²) in [6.45, 7) is 3.91. The smallest absolute Gasteiger partial charge is 0.263 e. The van der Waals surface area contributed by atoms with E-state index in [-0.39, 0.29) is 11.3 Å². The third kappa shape index (κ3) is 7.16. The van der Waals surface area contributed by atoms with Crippen molar-refractivity contribution in [3.05, 3.63) is 36.0 Å². The van der Waals surface area contributed by atoms with Gasteiger partial charge in [-0.05, 0) is 37.1 Å². The highest BCUT2D eigenvalue weighted by Gasteiger charge is 2.10. The Bertz CT molecular complexity index is 576. The Morgan fingerprint density at radius 3 is 2.62 bits per heavy atom. The molecule has 1 aromatic rings. The molecule has 0 unspecified atom stereocenters. The molecule has 1 amide bonds. The molecule has 0 bridgehead atoms. The molecule has 0 saturated carbocycles. The first-order chi connectivity index (χ1) is 11.6.